The Kier molecular flexibility index (Phi) is 6.75. The highest BCUT2D eigenvalue weighted by molar-refractivity contribution is 7.88. The Balaban J connectivity index is 2.13. The monoisotopic (exact) mass is 424 g/mol. The van der Waals surface area contributed by atoms with Crippen LogP contribution in [-0.2, 0) is 32.1 Å². The van der Waals surface area contributed by atoms with Gasteiger partial charge >= 0.3 is 0 Å². The molecule has 1 aliphatic rings. The molecular formula is C22H36N2O4S. The highest BCUT2D eigenvalue weighted by Crippen LogP contribution is 2.40. The zero-order chi connectivity index (χ0) is 22.2. The van der Waals surface area contributed by atoms with Crippen LogP contribution in [0.3, 0.4) is 0 Å². The van der Waals surface area contributed by atoms with Crippen molar-refractivity contribution in [2.24, 2.45) is 0 Å². The molecule has 29 heavy (non-hydrogen) atoms. The Hall–Kier alpha value is -1.60. The van der Waals surface area contributed by atoms with Crippen LogP contribution in [0, 0.1) is 0 Å². The number of piperazine rings is 1. The minimum absolute atomic E-state index is 0.0424. The summed E-state index contributed by atoms with van der Waals surface area (Å²) in [7, 11) is -3.20. The van der Waals surface area contributed by atoms with Gasteiger partial charge in [0.1, 0.15) is 5.75 Å². The zero-order valence-electron chi connectivity index (χ0n) is 18.9. The molecule has 1 saturated heterocycles. The number of aromatic hydroxyl groups is 1. The number of phenolic OH excluding ortho intramolecular Hbond substituents is 1. The summed E-state index contributed by atoms with van der Waals surface area (Å²) < 4.78 is 24.7. The van der Waals surface area contributed by atoms with E-state index in [2.05, 4.69) is 41.5 Å². The quantitative estimate of drug-likeness (QED) is 0.806. The molecular weight excluding hydrogens is 388 g/mol. The van der Waals surface area contributed by atoms with Crippen LogP contribution in [-0.4, -0.2) is 61.1 Å². The molecule has 0 radical (unpaired) electrons. The van der Waals surface area contributed by atoms with Gasteiger partial charge in [0.25, 0.3) is 0 Å². The fraction of sp³-hybridized carbons (Fsp3) is 0.682. The van der Waals surface area contributed by atoms with Crippen LogP contribution < -0.4 is 0 Å². The first-order valence-corrected chi connectivity index (χ1v) is 12.1. The first kappa shape index (κ1) is 23.7. The van der Waals surface area contributed by atoms with E-state index in [1.54, 1.807) is 4.90 Å². The number of phenols is 1. The summed E-state index contributed by atoms with van der Waals surface area (Å²) >= 11 is 0. The topological polar surface area (TPSA) is 77.9 Å². The molecule has 0 aliphatic carbocycles. The average Bonchev–Trinajstić information content (AvgIpc) is 2.57. The molecule has 0 saturated carbocycles. The van der Waals surface area contributed by atoms with Gasteiger partial charge in [-0.1, -0.05) is 53.7 Å². The van der Waals surface area contributed by atoms with E-state index in [0.29, 0.717) is 44.8 Å². The summed E-state index contributed by atoms with van der Waals surface area (Å²) in [6, 6.07) is 4.03. The lowest BCUT2D eigenvalue weighted by Crippen LogP contribution is -2.50. The van der Waals surface area contributed by atoms with Crippen LogP contribution in [0.4, 0.5) is 0 Å². The Morgan fingerprint density at radius 1 is 0.966 bits per heavy atom. The van der Waals surface area contributed by atoms with E-state index in [4.69, 9.17) is 0 Å². The Bertz CT molecular complexity index is 821. The third kappa shape index (κ3) is 5.95. The smallest absolute Gasteiger partial charge is 0.222 e. The molecule has 1 amide bonds. The van der Waals surface area contributed by atoms with Gasteiger partial charge < -0.3 is 10.0 Å². The van der Waals surface area contributed by atoms with Gasteiger partial charge in [0, 0.05) is 32.6 Å². The second kappa shape index (κ2) is 8.26. The fourth-order valence-electron chi connectivity index (χ4n) is 3.66. The molecule has 0 spiro atoms. The van der Waals surface area contributed by atoms with Crippen molar-refractivity contribution in [2.75, 3.05) is 32.4 Å². The van der Waals surface area contributed by atoms with Gasteiger partial charge in [0.2, 0.25) is 15.9 Å². The molecule has 1 heterocycles. The highest BCUT2D eigenvalue weighted by Gasteiger charge is 2.28. The third-order valence-corrected chi connectivity index (χ3v) is 6.78. The second-order valence-electron chi connectivity index (χ2n) is 10.1. The number of carbonyl (C=O) groups excluding carboxylic acids is 1. The number of sulfonamides is 1. The maximum atomic E-state index is 12.7. The number of amides is 1. The number of rotatable bonds is 4. The van der Waals surface area contributed by atoms with Crippen molar-refractivity contribution in [3.05, 3.63) is 28.8 Å². The molecule has 1 N–H and O–H groups in total. The van der Waals surface area contributed by atoms with E-state index in [1.807, 2.05) is 12.1 Å². The Morgan fingerprint density at radius 2 is 1.41 bits per heavy atom. The molecule has 1 aliphatic heterocycles. The summed E-state index contributed by atoms with van der Waals surface area (Å²) in [5, 5.41) is 10.8. The van der Waals surface area contributed by atoms with Crippen LogP contribution in [0.2, 0.25) is 0 Å². The number of benzene rings is 1. The van der Waals surface area contributed by atoms with Crippen molar-refractivity contribution in [3.8, 4) is 5.75 Å². The van der Waals surface area contributed by atoms with Gasteiger partial charge in [0.15, 0.2) is 0 Å². The van der Waals surface area contributed by atoms with E-state index in [9.17, 15) is 18.3 Å². The molecule has 2 rings (SSSR count). The summed E-state index contributed by atoms with van der Waals surface area (Å²) in [4.78, 5) is 14.4. The lowest BCUT2D eigenvalue weighted by atomic mass is 9.78. The summed E-state index contributed by atoms with van der Waals surface area (Å²) in [5.41, 5.74) is 2.43. The van der Waals surface area contributed by atoms with Crippen molar-refractivity contribution >= 4 is 15.9 Å². The van der Waals surface area contributed by atoms with Gasteiger partial charge in [-0.25, -0.2) is 8.42 Å². The van der Waals surface area contributed by atoms with Crippen LogP contribution in [0.5, 0.6) is 5.75 Å². The number of nitrogens with zero attached hydrogens (tertiary/aromatic N) is 2. The standard InChI is InChI=1S/C22H36N2O4S/c1-21(2,3)17-14-16(15-18(20(17)26)22(4,5)6)8-9-19(25)23-10-12-24(13-11-23)29(7,27)28/h14-15,26H,8-13H2,1-7H3. The van der Waals surface area contributed by atoms with Crippen molar-refractivity contribution in [1.82, 2.24) is 9.21 Å². The third-order valence-electron chi connectivity index (χ3n) is 5.47. The number of hydrogen-bond acceptors (Lipinski definition) is 4. The lowest BCUT2D eigenvalue weighted by Gasteiger charge is -2.33. The van der Waals surface area contributed by atoms with Crippen LogP contribution in [0.1, 0.15) is 64.7 Å². The number of hydrogen-bond donors (Lipinski definition) is 1. The number of carbonyl (C=O) groups is 1. The van der Waals surface area contributed by atoms with Crippen molar-refractivity contribution in [1.29, 1.82) is 0 Å². The van der Waals surface area contributed by atoms with Crippen LogP contribution in [0.15, 0.2) is 12.1 Å². The molecule has 164 valence electrons. The predicted molar refractivity (Wildman–Crippen MR) is 117 cm³/mol. The summed E-state index contributed by atoms with van der Waals surface area (Å²) in [6.45, 7) is 14.0. The predicted octanol–water partition coefficient (Wildman–Crippen LogP) is 3.02. The van der Waals surface area contributed by atoms with E-state index < -0.39 is 10.0 Å². The van der Waals surface area contributed by atoms with Crippen LogP contribution >= 0.6 is 0 Å². The molecule has 0 aromatic heterocycles. The largest absolute Gasteiger partial charge is 0.507 e. The van der Waals surface area contributed by atoms with E-state index in [-0.39, 0.29) is 16.7 Å². The highest BCUT2D eigenvalue weighted by atomic mass is 32.2. The normalized spacial score (nSPS) is 16.9. The van der Waals surface area contributed by atoms with Crippen molar-refractivity contribution in [3.63, 3.8) is 0 Å². The van der Waals surface area contributed by atoms with Gasteiger partial charge in [-0.05, 0) is 33.9 Å². The van der Waals surface area contributed by atoms with Crippen LogP contribution in [0.25, 0.3) is 0 Å². The first-order valence-electron chi connectivity index (χ1n) is 10.2. The SMILES string of the molecule is CC(C)(C)c1cc(CCC(=O)N2CCN(S(C)(=O)=O)CC2)cc(C(C)(C)C)c1O. The molecule has 0 unspecified atom stereocenters. The molecule has 0 atom stereocenters. The van der Waals surface area contributed by atoms with E-state index in [1.165, 1.54) is 10.6 Å². The summed E-state index contributed by atoms with van der Waals surface area (Å²) in [6.07, 6.45) is 2.17. The summed E-state index contributed by atoms with van der Waals surface area (Å²) in [5.74, 6) is 0.387. The molecule has 1 aromatic carbocycles. The van der Waals surface area contributed by atoms with E-state index in [0.717, 1.165) is 16.7 Å². The molecule has 7 heteroatoms. The molecule has 0 bridgehead atoms. The second-order valence-corrected chi connectivity index (χ2v) is 12.1. The average molecular weight is 425 g/mol. The first-order chi connectivity index (χ1) is 13.1. The van der Waals surface area contributed by atoms with Gasteiger partial charge in [0.05, 0.1) is 6.26 Å². The van der Waals surface area contributed by atoms with Gasteiger partial charge in [-0.15, -0.1) is 0 Å². The molecule has 1 fully saturated rings. The minimum atomic E-state index is -3.20. The van der Waals surface area contributed by atoms with Gasteiger partial charge in [-0.3, -0.25) is 4.79 Å². The number of aryl methyl sites for hydroxylation is 1. The minimum Gasteiger partial charge on any atom is -0.507 e. The maximum Gasteiger partial charge on any atom is 0.222 e. The van der Waals surface area contributed by atoms with Gasteiger partial charge in [-0.2, -0.15) is 4.31 Å². The Morgan fingerprint density at radius 3 is 1.79 bits per heavy atom. The zero-order valence-corrected chi connectivity index (χ0v) is 19.7. The lowest BCUT2D eigenvalue weighted by molar-refractivity contribution is -0.132. The van der Waals surface area contributed by atoms with Crippen molar-refractivity contribution < 1.29 is 18.3 Å². The Labute approximate surface area is 176 Å². The van der Waals surface area contributed by atoms with E-state index >= 15 is 0 Å². The maximum absolute atomic E-state index is 12.7. The fourth-order valence-corrected chi connectivity index (χ4v) is 4.49. The van der Waals surface area contributed by atoms with Crippen molar-refractivity contribution in [2.45, 2.75) is 65.2 Å². The molecule has 6 nitrogen and oxygen atoms in total. The molecule has 1 aromatic rings.